The van der Waals surface area contributed by atoms with E-state index in [0.717, 1.165) is 54.7 Å². The third-order valence-electron chi connectivity index (χ3n) is 5.02. The quantitative estimate of drug-likeness (QED) is 0.478. The molecule has 0 spiro atoms. The Labute approximate surface area is 176 Å². The van der Waals surface area contributed by atoms with Gasteiger partial charge in [-0.05, 0) is 55.9 Å². The van der Waals surface area contributed by atoms with Crippen LogP contribution in [0.3, 0.4) is 0 Å². The Morgan fingerprint density at radius 3 is 2.63 bits per heavy atom. The van der Waals surface area contributed by atoms with Crippen LogP contribution in [0.4, 0.5) is 4.39 Å². The lowest BCUT2D eigenvalue weighted by Crippen LogP contribution is -2.28. The number of hydrogen-bond acceptors (Lipinski definition) is 3. The minimum absolute atomic E-state index is 0.0467. The van der Waals surface area contributed by atoms with Gasteiger partial charge in [0.05, 0.1) is 5.69 Å². The molecule has 2 aromatic heterocycles. The highest BCUT2D eigenvalue weighted by Crippen LogP contribution is 2.19. The smallest absolute Gasteiger partial charge is 0.274 e. The van der Waals surface area contributed by atoms with E-state index in [2.05, 4.69) is 34.2 Å². The number of amides is 1. The second-order valence-corrected chi connectivity index (χ2v) is 8.20. The predicted octanol–water partition coefficient (Wildman–Crippen LogP) is 4.62. The van der Waals surface area contributed by atoms with Crippen molar-refractivity contribution >= 4 is 5.91 Å². The first-order valence-corrected chi connectivity index (χ1v) is 10.5. The lowest BCUT2D eigenvalue weighted by Gasteiger charge is -2.15. The molecule has 30 heavy (non-hydrogen) atoms. The summed E-state index contributed by atoms with van der Waals surface area (Å²) in [6.45, 7) is 4.97. The van der Waals surface area contributed by atoms with Crippen LogP contribution >= 0.6 is 0 Å². The van der Waals surface area contributed by atoms with Gasteiger partial charge in [-0.3, -0.25) is 15.0 Å². The van der Waals surface area contributed by atoms with Crippen molar-refractivity contribution < 1.29 is 9.18 Å². The number of unbranched alkanes of at least 4 members (excludes halogenated alkanes) is 2. The van der Waals surface area contributed by atoms with E-state index in [1.807, 2.05) is 25.2 Å². The van der Waals surface area contributed by atoms with Crippen molar-refractivity contribution in [3.63, 3.8) is 0 Å². The Morgan fingerprint density at radius 2 is 1.87 bits per heavy atom. The highest BCUT2D eigenvalue weighted by atomic mass is 19.1. The fourth-order valence-electron chi connectivity index (χ4n) is 3.44. The van der Waals surface area contributed by atoms with Gasteiger partial charge in [-0.2, -0.15) is 10.2 Å². The van der Waals surface area contributed by atoms with Crippen LogP contribution in [0.25, 0.3) is 11.3 Å². The van der Waals surface area contributed by atoms with Gasteiger partial charge in [-0.1, -0.05) is 32.4 Å². The summed E-state index contributed by atoms with van der Waals surface area (Å²) < 4.78 is 13.4. The van der Waals surface area contributed by atoms with Crippen molar-refractivity contribution in [2.75, 3.05) is 13.6 Å². The van der Waals surface area contributed by atoms with E-state index in [-0.39, 0.29) is 11.7 Å². The van der Waals surface area contributed by atoms with Crippen molar-refractivity contribution in [2.45, 2.75) is 46.0 Å². The van der Waals surface area contributed by atoms with Gasteiger partial charge in [0.25, 0.3) is 5.91 Å². The summed E-state index contributed by atoms with van der Waals surface area (Å²) >= 11 is 0. The number of benzene rings is 1. The van der Waals surface area contributed by atoms with Crippen LogP contribution in [0.15, 0.2) is 36.4 Å². The Balaban J connectivity index is 1.39. The third-order valence-corrected chi connectivity index (χ3v) is 5.02. The molecule has 0 aliphatic rings. The molecule has 7 heteroatoms. The number of nitrogens with zero attached hydrogens (tertiary/aromatic N) is 3. The van der Waals surface area contributed by atoms with Crippen molar-refractivity contribution in [1.29, 1.82) is 0 Å². The lowest BCUT2D eigenvalue weighted by molar-refractivity contribution is 0.0786. The predicted molar refractivity (Wildman–Crippen MR) is 116 cm³/mol. The number of H-pyrrole nitrogens is 2. The van der Waals surface area contributed by atoms with Gasteiger partial charge in [-0.15, -0.1) is 0 Å². The van der Waals surface area contributed by atoms with Crippen molar-refractivity contribution in [1.82, 2.24) is 25.3 Å². The summed E-state index contributed by atoms with van der Waals surface area (Å²) in [6.07, 6.45) is 4.69. The first-order valence-electron chi connectivity index (χ1n) is 10.5. The minimum Gasteiger partial charge on any atom is -0.340 e. The second-order valence-electron chi connectivity index (χ2n) is 8.20. The third kappa shape index (κ3) is 6.02. The molecule has 3 rings (SSSR count). The highest BCUT2D eigenvalue weighted by Gasteiger charge is 2.15. The number of rotatable bonds is 10. The number of aromatic nitrogens is 4. The average Bonchev–Trinajstić information content (AvgIpc) is 3.36. The molecule has 0 aliphatic carbocycles. The molecule has 0 fully saturated rings. The zero-order chi connectivity index (χ0) is 21.5. The van der Waals surface area contributed by atoms with Crippen LogP contribution in [0.1, 0.15) is 55.0 Å². The fraction of sp³-hybridized carbons (Fsp3) is 0.435. The van der Waals surface area contributed by atoms with E-state index in [9.17, 15) is 9.18 Å². The first-order chi connectivity index (χ1) is 14.4. The number of hydrogen-bond donors (Lipinski definition) is 2. The normalized spacial score (nSPS) is 11.2. The SMILES string of the molecule is CC(C)Cc1cc(C(=O)N(C)CCCCCc2cc(-c3cccc(F)c3)n[nH]2)n[nH]1. The summed E-state index contributed by atoms with van der Waals surface area (Å²) in [6, 6.07) is 10.3. The van der Waals surface area contributed by atoms with Crippen molar-refractivity contribution in [3.05, 3.63) is 59.3 Å². The molecule has 160 valence electrons. The molecule has 0 saturated carbocycles. The first kappa shape index (κ1) is 21.7. The van der Waals surface area contributed by atoms with Crippen LogP contribution in [-0.2, 0) is 12.8 Å². The molecule has 0 bridgehead atoms. The summed E-state index contributed by atoms with van der Waals surface area (Å²) in [5, 5.41) is 14.4. The minimum atomic E-state index is -0.262. The van der Waals surface area contributed by atoms with Crippen LogP contribution in [0.5, 0.6) is 0 Å². The van der Waals surface area contributed by atoms with E-state index < -0.39 is 0 Å². The number of nitrogens with one attached hydrogen (secondary N) is 2. The molecule has 2 N–H and O–H groups in total. The van der Waals surface area contributed by atoms with Crippen molar-refractivity contribution in [2.24, 2.45) is 5.92 Å². The number of carbonyl (C=O) groups is 1. The summed E-state index contributed by atoms with van der Waals surface area (Å²) in [4.78, 5) is 14.2. The maximum atomic E-state index is 13.4. The van der Waals surface area contributed by atoms with Crippen LogP contribution in [0, 0.1) is 11.7 Å². The lowest BCUT2D eigenvalue weighted by atomic mass is 10.1. The number of carbonyl (C=O) groups excluding carboxylic acids is 1. The van der Waals surface area contributed by atoms with E-state index >= 15 is 0 Å². The van der Waals surface area contributed by atoms with Gasteiger partial charge in [-0.25, -0.2) is 4.39 Å². The Morgan fingerprint density at radius 1 is 1.07 bits per heavy atom. The molecule has 0 saturated heterocycles. The number of aromatic amines is 2. The maximum absolute atomic E-state index is 13.4. The number of aryl methyl sites for hydroxylation is 1. The summed E-state index contributed by atoms with van der Waals surface area (Å²) in [7, 11) is 1.82. The number of halogens is 1. The molecule has 2 heterocycles. The van der Waals surface area contributed by atoms with Gasteiger partial charge in [0.1, 0.15) is 11.5 Å². The molecule has 0 aliphatic heterocycles. The Bertz CT molecular complexity index is 962. The molecule has 0 radical (unpaired) electrons. The van der Waals surface area contributed by atoms with Gasteiger partial charge in [0.2, 0.25) is 0 Å². The Hall–Kier alpha value is -2.96. The van der Waals surface area contributed by atoms with Gasteiger partial charge in [0.15, 0.2) is 0 Å². The zero-order valence-corrected chi connectivity index (χ0v) is 17.9. The Kier molecular flexibility index (Phi) is 7.38. The molecule has 3 aromatic rings. The topological polar surface area (TPSA) is 77.7 Å². The van der Waals surface area contributed by atoms with Crippen LogP contribution in [-0.4, -0.2) is 44.8 Å². The monoisotopic (exact) mass is 411 g/mol. The standard InChI is InChI=1S/C23H30FN5O/c1-16(2)12-20-15-22(28-26-20)23(30)29(3)11-6-4-5-10-19-14-21(27-25-19)17-8-7-9-18(24)13-17/h7-9,13-16H,4-6,10-12H2,1-3H3,(H,25,27)(H,26,28). The van der Waals surface area contributed by atoms with Crippen molar-refractivity contribution in [3.8, 4) is 11.3 Å². The van der Waals surface area contributed by atoms with Crippen LogP contribution < -0.4 is 0 Å². The zero-order valence-electron chi connectivity index (χ0n) is 17.9. The molecular weight excluding hydrogens is 381 g/mol. The van der Waals surface area contributed by atoms with Crippen LogP contribution in [0.2, 0.25) is 0 Å². The summed E-state index contributed by atoms with van der Waals surface area (Å²) in [5.41, 5.74) is 4.04. The molecule has 0 atom stereocenters. The van der Waals surface area contributed by atoms with E-state index in [0.29, 0.717) is 18.2 Å². The molecule has 0 unspecified atom stereocenters. The van der Waals surface area contributed by atoms with Gasteiger partial charge >= 0.3 is 0 Å². The highest BCUT2D eigenvalue weighted by molar-refractivity contribution is 5.92. The van der Waals surface area contributed by atoms with Gasteiger partial charge < -0.3 is 4.90 Å². The van der Waals surface area contributed by atoms with Gasteiger partial charge in [0, 0.05) is 30.5 Å². The summed E-state index contributed by atoms with van der Waals surface area (Å²) in [5.74, 6) is 0.210. The molecule has 1 aromatic carbocycles. The largest absolute Gasteiger partial charge is 0.340 e. The van der Waals surface area contributed by atoms with E-state index in [1.54, 1.807) is 11.0 Å². The van der Waals surface area contributed by atoms with E-state index in [4.69, 9.17) is 0 Å². The van der Waals surface area contributed by atoms with E-state index in [1.165, 1.54) is 12.1 Å². The average molecular weight is 412 g/mol. The molecular formula is C23H30FN5O. The second kappa shape index (κ2) is 10.2. The fourth-order valence-corrected chi connectivity index (χ4v) is 3.44. The maximum Gasteiger partial charge on any atom is 0.274 e. The molecule has 6 nitrogen and oxygen atoms in total. The molecule has 1 amide bonds.